The molecule has 0 bridgehead atoms. The Kier molecular flexibility index (Phi) is 6.92. The first kappa shape index (κ1) is 23.0. The molecule has 1 saturated heterocycles. The molecule has 0 aromatic carbocycles. The third kappa shape index (κ3) is 4.80. The summed E-state index contributed by atoms with van der Waals surface area (Å²) >= 11 is 1.13. The Hall–Kier alpha value is -3.68. The maximum Gasteiger partial charge on any atom is 0.352 e. The van der Waals surface area contributed by atoms with E-state index in [2.05, 4.69) is 20.4 Å². The highest BCUT2D eigenvalue weighted by molar-refractivity contribution is 8.00. The van der Waals surface area contributed by atoms with E-state index in [1.807, 2.05) is 0 Å². The third-order valence-electron chi connectivity index (χ3n) is 4.35. The predicted molar refractivity (Wildman–Crippen MR) is 111 cm³/mol. The van der Waals surface area contributed by atoms with Crippen molar-refractivity contribution in [2.45, 2.75) is 31.0 Å². The first-order valence-electron chi connectivity index (χ1n) is 9.39. The van der Waals surface area contributed by atoms with E-state index < -0.39 is 35.2 Å². The van der Waals surface area contributed by atoms with E-state index in [4.69, 9.17) is 15.3 Å². The number of nitrogen functional groups attached to an aromatic ring is 1. The number of carboxylic acid groups (broad SMARTS) is 1. The number of hydrogen-bond acceptors (Lipinski definition) is 11. The van der Waals surface area contributed by atoms with Crippen LogP contribution in [-0.2, 0) is 28.8 Å². The Morgan fingerprint density at radius 3 is 2.78 bits per heavy atom. The number of amides is 2. The predicted octanol–water partition coefficient (Wildman–Crippen LogP) is -0.551. The highest BCUT2D eigenvalue weighted by atomic mass is 32.2. The summed E-state index contributed by atoms with van der Waals surface area (Å²) < 4.78 is 4.98. The molecule has 0 aliphatic carbocycles. The summed E-state index contributed by atoms with van der Waals surface area (Å²) in [6.45, 7) is 2.55. The van der Waals surface area contributed by atoms with Crippen molar-refractivity contribution in [1.82, 2.24) is 20.2 Å². The number of oxime groups is 1. The molecule has 2 amide bonds. The van der Waals surface area contributed by atoms with Gasteiger partial charge in [0, 0.05) is 18.7 Å². The lowest BCUT2D eigenvalue weighted by molar-refractivity contribution is -0.146. The number of hydrogen-bond donors (Lipinski definition) is 3. The average Bonchev–Trinajstić information content (AvgIpc) is 2.72. The van der Waals surface area contributed by atoms with E-state index in [0.29, 0.717) is 0 Å². The van der Waals surface area contributed by atoms with Gasteiger partial charge in [-0.05, 0) is 13.0 Å². The van der Waals surface area contributed by atoms with E-state index in [-0.39, 0.29) is 47.6 Å². The number of β-lactam (4-membered cyclic amide) rings is 1. The summed E-state index contributed by atoms with van der Waals surface area (Å²) in [6, 6.07) is 1.43. The lowest BCUT2D eigenvalue weighted by atomic mass is 10.1. The summed E-state index contributed by atoms with van der Waals surface area (Å²) in [6.07, 6.45) is 1.45. The van der Waals surface area contributed by atoms with Crippen molar-refractivity contribution in [1.29, 1.82) is 0 Å². The molecular weight excluding hydrogens is 444 g/mol. The second kappa shape index (κ2) is 9.64. The quantitative estimate of drug-likeness (QED) is 0.194. The molecule has 2 aliphatic rings. The van der Waals surface area contributed by atoms with E-state index in [0.717, 1.165) is 23.6 Å². The third-order valence-corrected chi connectivity index (χ3v) is 5.71. The summed E-state index contributed by atoms with van der Waals surface area (Å²) in [5.41, 5.74) is 5.09. The van der Waals surface area contributed by atoms with Crippen LogP contribution in [0.3, 0.4) is 0 Å². The fourth-order valence-electron chi connectivity index (χ4n) is 2.96. The van der Waals surface area contributed by atoms with Crippen LogP contribution < -0.4 is 11.1 Å². The van der Waals surface area contributed by atoms with Gasteiger partial charge < -0.3 is 25.7 Å². The van der Waals surface area contributed by atoms with E-state index >= 15 is 0 Å². The number of nitrogens with one attached hydrogen (secondary N) is 1. The highest BCUT2D eigenvalue weighted by Crippen LogP contribution is 2.43. The molecule has 1 aromatic heterocycles. The van der Waals surface area contributed by atoms with Gasteiger partial charge in [-0.2, -0.15) is 0 Å². The van der Waals surface area contributed by atoms with Gasteiger partial charge in [0.15, 0.2) is 5.82 Å². The number of ether oxygens (including phenoxy) is 1. The zero-order valence-corrected chi connectivity index (χ0v) is 17.9. The molecule has 3 heterocycles. The van der Waals surface area contributed by atoms with Gasteiger partial charge in [0.2, 0.25) is 11.6 Å². The number of carboxylic acids is 1. The molecule has 13 nitrogen and oxygen atoms in total. The maximum absolute atomic E-state index is 13.0. The smallest absolute Gasteiger partial charge is 0.352 e. The van der Waals surface area contributed by atoms with Crippen LogP contribution in [0, 0.1) is 0 Å². The number of carbonyl (C=O) groups excluding carboxylic acids is 3. The van der Waals surface area contributed by atoms with Crippen molar-refractivity contribution >= 4 is 47.0 Å². The van der Waals surface area contributed by atoms with Gasteiger partial charge in [0.1, 0.15) is 30.1 Å². The van der Waals surface area contributed by atoms with Crippen LogP contribution in [0.5, 0.6) is 0 Å². The Balaban J connectivity index is 1.95. The number of nitrogens with zero attached hydrogens (tertiary/aromatic N) is 4. The van der Waals surface area contributed by atoms with E-state index in [1.54, 1.807) is 6.92 Å². The van der Waals surface area contributed by atoms with Crippen LogP contribution in [0.25, 0.3) is 0 Å². The molecule has 170 valence electrons. The summed E-state index contributed by atoms with van der Waals surface area (Å²) in [5.74, 6) is -3.18. The van der Waals surface area contributed by atoms with Gasteiger partial charge in [-0.3, -0.25) is 19.3 Å². The Morgan fingerprint density at radius 2 is 2.19 bits per heavy atom. The minimum absolute atomic E-state index is 0.0413. The molecule has 0 saturated carbocycles. The molecule has 1 fully saturated rings. The monoisotopic (exact) mass is 464 g/mol. The summed E-state index contributed by atoms with van der Waals surface area (Å²) in [4.78, 5) is 62.3. The summed E-state index contributed by atoms with van der Waals surface area (Å²) in [5, 5.41) is 14.7. The summed E-state index contributed by atoms with van der Waals surface area (Å²) in [7, 11) is 0. The second-order valence-corrected chi connectivity index (χ2v) is 7.82. The minimum atomic E-state index is -1.38. The molecule has 1 unspecified atom stereocenters. The number of aromatic nitrogens is 2. The molecule has 0 spiro atoms. The van der Waals surface area contributed by atoms with Gasteiger partial charge >= 0.3 is 11.9 Å². The molecule has 2 atom stereocenters. The zero-order chi connectivity index (χ0) is 23.4. The molecule has 1 aromatic rings. The molecule has 3 rings (SSSR count). The Bertz CT molecular complexity index is 1030. The van der Waals surface area contributed by atoms with Gasteiger partial charge in [0.25, 0.3) is 5.91 Å². The lowest BCUT2D eigenvalue weighted by Crippen LogP contribution is -2.58. The van der Waals surface area contributed by atoms with Crippen LogP contribution >= 0.6 is 11.8 Å². The SMILES string of the molecule is CCON=C(C(=O)NC1S[C@@H]2CC(=O)N2C(C(=O)O)=C1COC(C)=O)c1nccc(N)n1. The van der Waals surface area contributed by atoms with Crippen molar-refractivity contribution in [2.24, 2.45) is 5.16 Å². The number of nitrogens with two attached hydrogens (primary N) is 1. The first-order chi connectivity index (χ1) is 15.2. The molecular formula is C18H20N6O7S. The van der Waals surface area contributed by atoms with E-state index in [1.165, 1.54) is 12.3 Å². The molecule has 0 radical (unpaired) electrons. The number of fused-ring (bicyclic) bond motifs is 1. The van der Waals surface area contributed by atoms with Crippen molar-refractivity contribution < 1.29 is 33.9 Å². The fourth-order valence-corrected chi connectivity index (χ4v) is 4.37. The second-order valence-electron chi connectivity index (χ2n) is 6.53. The molecule has 32 heavy (non-hydrogen) atoms. The Morgan fingerprint density at radius 1 is 1.44 bits per heavy atom. The van der Waals surface area contributed by atoms with Gasteiger partial charge in [-0.1, -0.05) is 5.16 Å². The Labute approximate surface area is 186 Å². The number of aliphatic carboxylic acids is 1. The van der Waals surface area contributed by atoms with E-state index in [9.17, 15) is 24.3 Å². The topological polar surface area (TPSA) is 186 Å². The average molecular weight is 464 g/mol. The number of rotatable bonds is 8. The van der Waals surface area contributed by atoms with Crippen LogP contribution in [-0.4, -0.2) is 73.4 Å². The van der Waals surface area contributed by atoms with Crippen molar-refractivity contribution in [3.63, 3.8) is 0 Å². The first-order valence-corrected chi connectivity index (χ1v) is 10.3. The maximum atomic E-state index is 13.0. The molecule has 14 heteroatoms. The number of esters is 1. The van der Waals surface area contributed by atoms with Crippen molar-refractivity contribution in [3.05, 3.63) is 29.4 Å². The van der Waals surface area contributed by atoms with Crippen molar-refractivity contribution in [2.75, 3.05) is 18.9 Å². The number of carbonyl (C=O) groups is 4. The minimum Gasteiger partial charge on any atom is -0.477 e. The molecule has 2 aliphatic heterocycles. The number of thioether (sulfide) groups is 1. The van der Waals surface area contributed by atoms with Crippen LogP contribution in [0.1, 0.15) is 26.1 Å². The number of anilines is 1. The van der Waals surface area contributed by atoms with Crippen LogP contribution in [0.4, 0.5) is 5.82 Å². The van der Waals surface area contributed by atoms with Crippen molar-refractivity contribution in [3.8, 4) is 0 Å². The fraction of sp³-hybridized carbons (Fsp3) is 0.389. The standard InChI is InChI=1S/C18H20N6O7S/c1-3-31-23-13(15-20-5-4-10(19)21-15)16(27)22-17-9(7-30-8(2)25)14(18(28)29)24-11(26)6-12(24)32-17/h4-5,12,17H,3,6-7H2,1-2H3,(H,22,27)(H,28,29)(H2,19,20,21)/t12-,17?/m1/s1. The van der Waals surface area contributed by atoms with Gasteiger partial charge in [-0.15, -0.1) is 11.8 Å². The lowest BCUT2D eigenvalue weighted by Gasteiger charge is -2.46. The van der Waals surface area contributed by atoms with Crippen LogP contribution in [0.2, 0.25) is 0 Å². The largest absolute Gasteiger partial charge is 0.477 e. The van der Waals surface area contributed by atoms with Crippen LogP contribution in [0.15, 0.2) is 28.7 Å². The highest BCUT2D eigenvalue weighted by Gasteiger charge is 2.49. The van der Waals surface area contributed by atoms with Gasteiger partial charge in [0.05, 0.1) is 11.8 Å². The normalized spacial score (nSPS) is 20.2. The van der Waals surface area contributed by atoms with Gasteiger partial charge in [-0.25, -0.2) is 14.8 Å². The zero-order valence-electron chi connectivity index (χ0n) is 17.1. The molecule has 4 N–H and O–H groups in total.